The highest BCUT2D eigenvalue weighted by molar-refractivity contribution is 6.59. The van der Waals surface area contributed by atoms with Crippen molar-refractivity contribution in [2.75, 3.05) is 0 Å². The second-order valence-corrected chi connectivity index (χ2v) is 6.50. The second-order valence-electron chi connectivity index (χ2n) is 6.50. The van der Waals surface area contributed by atoms with E-state index in [-0.39, 0.29) is 0 Å². The summed E-state index contributed by atoms with van der Waals surface area (Å²) in [6, 6.07) is 9.96. The fourth-order valence-electron chi connectivity index (χ4n) is 1.86. The lowest BCUT2D eigenvalue weighted by Gasteiger charge is -2.38. The normalized spacial score (nSPS) is 12.5. The van der Waals surface area contributed by atoms with E-state index in [4.69, 9.17) is 4.65 Å². The fraction of sp³-hybridized carbons (Fsp3) is 0.438. The zero-order valence-corrected chi connectivity index (χ0v) is 13.5. The third-order valence-corrected chi connectivity index (χ3v) is 4.01. The summed E-state index contributed by atoms with van der Waals surface area (Å²) in [5, 5.41) is 24.5. The first kappa shape index (κ1) is 16.7. The Kier molecular flexibility index (Phi) is 4.75. The lowest BCUT2D eigenvalue weighted by molar-refractivity contribution is -0.0982. The van der Waals surface area contributed by atoms with E-state index in [1.165, 1.54) is 0 Å². The van der Waals surface area contributed by atoms with Gasteiger partial charge in [-0.1, -0.05) is 30.3 Å². The van der Waals surface area contributed by atoms with Crippen molar-refractivity contribution in [2.45, 2.75) is 45.4 Å². The molecule has 0 saturated heterocycles. The van der Waals surface area contributed by atoms with Gasteiger partial charge in [0.2, 0.25) is 0 Å². The number of aromatic nitrogens is 2. The van der Waals surface area contributed by atoms with Gasteiger partial charge in [-0.3, -0.25) is 4.68 Å². The zero-order chi connectivity index (χ0) is 16.4. The largest absolute Gasteiger partial charge is 0.494 e. The monoisotopic (exact) mass is 302 g/mol. The molecule has 0 saturated carbocycles. The summed E-state index contributed by atoms with van der Waals surface area (Å²) in [4.78, 5) is 0. The van der Waals surface area contributed by atoms with Gasteiger partial charge in [-0.15, -0.1) is 0 Å². The molecule has 5 nitrogen and oxygen atoms in total. The van der Waals surface area contributed by atoms with Crippen LogP contribution in [0.1, 0.15) is 33.3 Å². The van der Waals surface area contributed by atoms with Crippen LogP contribution in [-0.2, 0) is 11.2 Å². The molecule has 22 heavy (non-hydrogen) atoms. The second kappa shape index (κ2) is 6.24. The van der Waals surface area contributed by atoms with Gasteiger partial charge in [-0.25, -0.2) is 0 Å². The first-order chi connectivity index (χ1) is 10.2. The van der Waals surface area contributed by atoms with E-state index in [1.54, 1.807) is 44.8 Å². The Morgan fingerprint density at radius 1 is 1.18 bits per heavy atom. The minimum absolute atomic E-state index is 0.563. The van der Waals surface area contributed by atoms with Gasteiger partial charge in [0.15, 0.2) is 0 Å². The van der Waals surface area contributed by atoms with Crippen LogP contribution >= 0.6 is 0 Å². The number of nitrogens with zero attached hydrogens (tertiary/aromatic N) is 2. The van der Waals surface area contributed by atoms with Crippen molar-refractivity contribution in [3.63, 3.8) is 0 Å². The van der Waals surface area contributed by atoms with Crippen molar-refractivity contribution in [3.05, 3.63) is 48.3 Å². The fourth-order valence-corrected chi connectivity index (χ4v) is 1.86. The van der Waals surface area contributed by atoms with Crippen LogP contribution < -0.4 is 5.46 Å². The van der Waals surface area contributed by atoms with Crippen LogP contribution in [0.4, 0.5) is 0 Å². The molecule has 6 heteroatoms. The molecule has 0 unspecified atom stereocenters. The maximum atomic E-state index is 10.2. The van der Waals surface area contributed by atoms with Gasteiger partial charge < -0.3 is 14.8 Å². The predicted molar refractivity (Wildman–Crippen MR) is 86.8 cm³/mol. The van der Waals surface area contributed by atoms with Gasteiger partial charge in [-0.2, -0.15) is 5.10 Å². The van der Waals surface area contributed by atoms with Crippen LogP contribution in [-0.4, -0.2) is 38.2 Å². The van der Waals surface area contributed by atoms with E-state index >= 15 is 0 Å². The van der Waals surface area contributed by atoms with E-state index in [9.17, 15) is 10.1 Å². The maximum Gasteiger partial charge on any atom is 0.494 e. The molecule has 0 bridgehead atoms. The van der Waals surface area contributed by atoms with Crippen LogP contribution in [0.3, 0.4) is 0 Å². The van der Waals surface area contributed by atoms with Crippen molar-refractivity contribution in [3.8, 4) is 0 Å². The van der Waals surface area contributed by atoms with Crippen molar-refractivity contribution < 1.29 is 14.8 Å². The molecule has 0 amide bonds. The lowest BCUT2D eigenvalue weighted by Crippen LogP contribution is -2.53. The summed E-state index contributed by atoms with van der Waals surface area (Å²) in [6.07, 6.45) is 3.33. The zero-order valence-electron chi connectivity index (χ0n) is 13.5. The summed E-state index contributed by atoms with van der Waals surface area (Å²) in [7, 11) is -1.13. The third kappa shape index (κ3) is 3.97. The Bertz CT molecular complexity index is 605. The first-order valence-electron chi connectivity index (χ1n) is 7.33. The van der Waals surface area contributed by atoms with Crippen molar-refractivity contribution in [1.82, 2.24) is 9.78 Å². The topological polar surface area (TPSA) is 67.5 Å². The van der Waals surface area contributed by atoms with Crippen LogP contribution in [0.5, 0.6) is 0 Å². The van der Waals surface area contributed by atoms with Crippen molar-refractivity contribution in [2.24, 2.45) is 0 Å². The van der Waals surface area contributed by atoms with Crippen LogP contribution in [0.15, 0.2) is 42.7 Å². The van der Waals surface area contributed by atoms with E-state index in [1.807, 2.05) is 30.3 Å². The lowest BCUT2D eigenvalue weighted by atomic mass is 9.78. The predicted octanol–water partition coefficient (Wildman–Crippen LogP) is 1.18. The molecule has 0 atom stereocenters. The molecule has 2 aromatic rings. The Balaban J connectivity index is 2.05. The molecule has 0 fully saturated rings. The molecule has 1 aromatic carbocycles. The van der Waals surface area contributed by atoms with Crippen LogP contribution in [0.25, 0.3) is 0 Å². The van der Waals surface area contributed by atoms with Gasteiger partial charge in [0.25, 0.3) is 0 Å². The molecular formula is C16H23BN2O3. The summed E-state index contributed by atoms with van der Waals surface area (Å²) < 4.78 is 7.35. The van der Waals surface area contributed by atoms with Gasteiger partial charge >= 0.3 is 7.12 Å². The summed E-state index contributed by atoms with van der Waals surface area (Å²) >= 11 is 0. The molecule has 0 radical (unpaired) electrons. The smallest absolute Gasteiger partial charge is 0.423 e. The van der Waals surface area contributed by atoms with Gasteiger partial charge in [0.1, 0.15) is 0 Å². The quantitative estimate of drug-likeness (QED) is 0.787. The molecule has 0 aliphatic carbocycles. The number of benzene rings is 1. The molecule has 1 aromatic heterocycles. The van der Waals surface area contributed by atoms with Gasteiger partial charge in [0, 0.05) is 17.9 Å². The third-order valence-electron chi connectivity index (χ3n) is 4.01. The molecule has 1 heterocycles. The first-order valence-corrected chi connectivity index (χ1v) is 7.33. The molecule has 118 valence electrons. The number of hydrogen-bond donors (Lipinski definition) is 2. The highest BCUT2D eigenvalue weighted by Gasteiger charge is 2.39. The minimum atomic E-state index is -1.13. The number of rotatable bonds is 6. The summed E-state index contributed by atoms with van der Waals surface area (Å²) in [5.41, 5.74) is -0.278. The van der Waals surface area contributed by atoms with Gasteiger partial charge in [0.05, 0.1) is 17.7 Å². The van der Waals surface area contributed by atoms with E-state index in [0.717, 1.165) is 5.56 Å². The molecule has 0 aliphatic heterocycles. The van der Waals surface area contributed by atoms with E-state index in [2.05, 4.69) is 5.10 Å². The molecular weight excluding hydrogens is 279 g/mol. The highest BCUT2D eigenvalue weighted by atomic mass is 16.5. The Morgan fingerprint density at radius 2 is 1.82 bits per heavy atom. The van der Waals surface area contributed by atoms with Crippen molar-refractivity contribution >= 4 is 12.6 Å². The Hall–Kier alpha value is -1.63. The van der Waals surface area contributed by atoms with Crippen LogP contribution in [0.2, 0.25) is 0 Å². The SMILES string of the molecule is CC(C)(O)C(C)(C)OB(O)c1cnn(Cc2ccccc2)c1. The molecule has 2 rings (SSSR count). The van der Waals surface area contributed by atoms with Crippen molar-refractivity contribution in [1.29, 1.82) is 0 Å². The number of hydrogen-bond acceptors (Lipinski definition) is 4. The average Bonchev–Trinajstić information content (AvgIpc) is 2.86. The summed E-state index contributed by atoms with van der Waals surface area (Å²) in [6.45, 7) is 7.41. The number of aliphatic hydroxyl groups is 1. The van der Waals surface area contributed by atoms with Gasteiger partial charge in [-0.05, 0) is 33.3 Å². The molecule has 2 N–H and O–H groups in total. The standard InChI is InChI=1S/C16H23BN2O3/c1-15(2,20)16(3,4)22-17(21)14-10-18-19(12-14)11-13-8-6-5-7-9-13/h5-10,12,20-21H,11H2,1-4H3. The average molecular weight is 302 g/mol. The Morgan fingerprint density at radius 3 is 2.41 bits per heavy atom. The molecule has 0 spiro atoms. The Labute approximate surface area is 131 Å². The van der Waals surface area contributed by atoms with E-state index < -0.39 is 18.3 Å². The maximum absolute atomic E-state index is 10.2. The molecule has 0 aliphatic rings. The highest BCUT2D eigenvalue weighted by Crippen LogP contribution is 2.25. The summed E-state index contributed by atoms with van der Waals surface area (Å²) in [5.74, 6) is 0. The minimum Gasteiger partial charge on any atom is -0.423 e. The van der Waals surface area contributed by atoms with Crippen LogP contribution in [0, 0.1) is 0 Å². The van der Waals surface area contributed by atoms with E-state index in [0.29, 0.717) is 12.0 Å².